The topological polar surface area (TPSA) is 114 Å². The number of hydrogen-bond donors (Lipinski definition) is 2. The summed E-state index contributed by atoms with van der Waals surface area (Å²) >= 11 is 8.56. The minimum atomic E-state index is -0.700. The van der Waals surface area contributed by atoms with Crippen LogP contribution >= 0.6 is 34.7 Å². The first-order chi connectivity index (χ1) is 23.4. The van der Waals surface area contributed by atoms with Crippen LogP contribution in [0.1, 0.15) is 64.9 Å². The quantitative estimate of drug-likeness (QED) is 0.125. The van der Waals surface area contributed by atoms with Gasteiger partial charge in [0.15, 0.2) is 0 Å². The molecular formula is C37H38ClN3O6S2. The maximum absolute atomic E-state index is 14.1. The number of anilines is 2. The molecule has 3 aromatic carbocycles. The highest BCUT2D eigenvalue weighted by Gasteiger charge is 2.34. The van der Waals surface area contributed by atoms with E-state index in [1.165, 1.54) is 23.1 Å². The van der Waals surface area contributed by atoms with Crippen molar-refractivity contribution in [3.63, 3.8) is 0 Å². The number of halogens is 1. The Hall–Kier alpha value is -4.32. The van der Waals surface area contributed by atoms with Crippen molar-refractivity contribution in [3.8, 4) is 0 Å². The van der Waals surface area contributed by atoms with Crippen molar-refractivity contribution in [1.29, 1.82) is 0 Å². The van der Waals surface area contributed by atoms with Crippen molar-refractivity contribution < 1.29 is 28.7 Å². The summed E-state index contributed by atoms with van der Waals surface area (Å²) in [6.07, 6.45) is 0.175. The van der Waals surface area contributed by atoms with Crippen molar-refractivity contribution in [1.82, 2.24) is 4.90 Å². The van der Waals surface area contributed by atoms with Crippen molar-refractivity contribution >= 4 is 69.3 Å². The molecule has 1 unspecified atom stereocenters. The lowest BCUT2D eigenvalue weighted by molar-refractivity contribution is -0.116. The second-order valence-electron chi connectivity index (χ2n) is 12.4. The van der Waals surface area contributed by atoms with Crippen LogP contribution in [0.3, 0.4) is 0 Å². The zero-order chi connectivity index (χ0) is 35.1. The Balaban J connectivity index is 1.37. The number of fused-ring (bicyclic) bond motifs is 1. The summed E-state index contributed by atoms with van der Waals surface area (Å²) in [5.74, 6) is -1.03. The summed E-state index contributed by atoms with van der Waals surface area (Å²) in [5.41, 5.74) is 2.64. The van der Waals surface area contributed by atoms with Crippen LogP contribution in [0.15, 0.2) is 83.8 Å². The maximum Gasteiger partial charge on any atom is 0.410 e. The van der Waals surface area contributed by atoms with Gasteiger partial charge in [-0.2, -0.15) is 0 Å². The molecule has 0 saturated heterocycles. The van der Waals surface area contributed by atoms with Gasteiger partial charge in [-0.3, -0.25) is 9.59 Å². The summed E-state index contributed by atoms with van der Waals surface area (Å²) < 4.78 is 11.0. The second-order valence-corrected chi connectivity index (χ2v) is 15.1. The molecule has 5 rings (SSSR count). The molecule has 9 nitrogen and oxygen atoms in total. The first kappa shape index (κ1) is 36.0. The van der Waals surface area contributed by atoms with Crippen LogP contribution in [0.2, 0.25) is 5.02 Å². The third-order valence-electron chi connectivity index (χ3n) is 7.41. The van der Waals surface area contributed by atoms with Gasteiger partial charge in [0.1, 0.15) is 15.9 Å². The molecule has 4 aromatic rings. The molecule has 1 aliphatic rings. The fraction of sp³-hybridized carbons (Fsp3) is 0.297. The SMILES string of the molecule is CCOC(=O)c1c(NC(=O)C(Sc2cccc(NC(=O)Cc3ccc(Cl)cc3)c2)c2ccccc2)sc2c1CCN(C(=O)OC(C)(C)C)C2. The lowest BCUT2D eigenvalue weighted by Crippen LogP contribution is -2.39. The zero-order valence-corrected chi connectivity index (χ0v) is 30.1. The zero-order valence-electron chi connectivity index (χ0n) is 27.7. The van der Waals surface area contributed by atoms with E-state index in [1.807, 2.05) is 81.4 Å². The summed E-state index contributed by atoms with van der Waals surface area (Å²) in [5, 5.41) is 6.25. The predicted molar refractivity (Wildman–Crippen MR) is 195 cm³/mol. The third kappa shape index (κ3) is 9.65. The van der Waals surface area contributed by atoms with E-state index in [9.17, 15) is 19.2 Å². The number of esters is 1. The molecule has 3 amide bonds. The normalized spacial score (nSPS) is 13.2. The average Bonchev–Trinajstić information content (AvgIpc) is 3.41. The monoisotopic (exact) mass is 719 g/mol. The van der Waals surface area contributed by atoms with Crippen molar-refractivity contribution in [2.75, 3.05) is 23.8 Å². The Bertz CT molecular complexity index is 1820. The molecule has 1 aliphatic heterocycles. The Labute approximate surface area is 299 Å². The van der Waals surface area contributed by atoms with Crippen LogP contribution < -0.4 is 10.6 Å². The lowest BCUT2D eigenvalue weighted by Gasteiger charge is -2.30. The number of nitrogens with one attached hydrogen (secondary N) is 2. The highest BCUT2D eigenvalue weighted by Crippen LogP contribution is 2.41. The maximum atomic E-state index is 14.1. The third-order valence-corrected chi connectivity index (χ3v) is 10.0. The molecule has 1 atom stereocenters. The van der Waals surface area contributed by atoms with Gasteiger partial charge in [-0.25, -0.2) is 9.59 Å². The standard InChI is InChI=1S/C37H38ClN3O6S2/c1-5-46-35(44)31-28-18-19-41(36(45)47-37(2,3)4)22-29(28)49-34(31)40-33(43)32(24-10-7-6-8-11-24)48-27-13-9-12-26(21-27)39-30(42)20-23-14-16-25(38)17-15-23/h6-17,21,32H,5,18-20,22H2,1-4H3,(H,39,42)(H,40,43). The Morgan fingerprint density at radius 3 is 2.41 bits per heavy atom. The van der Waals surface area contributed by atoms with Crippen molar-refractivity contribution in [2.24, 2.45) is 0 Å². The molecule has 0 aliphatic carbocycles. The van der Waals surface area contributed by atoms with Crippen LogP contribution in [0.25, 0.3) is 0 Å². The van der Waals surface area contributed by atoms with Gasteiger partial charge in [0.25, 0.3) is 0 Å². The van der Waals surface area contributed by atoms with E-state index in [-0.39, 0.29) is 31.4 Å². The van der Waals surface area contributed by atoms with Crippen LogP contribution in [-0.2, 0) is 38.4 Å². The van der Waals surface area contributed by atoms with Gasteiger partial charge in [0.05, 0.1) is 25.1 Å². The van der Waals surface area contributed by atoms with E-state index >= 15 is 0 Å². The van der Waals surface area contributed by atoms with E-state index in [0.29, 0.717) is 34.2 Å². The number of hydrogen-bond acceptors (Lipinski definition) is 8. The van der Waals surface area contributed by atoms with Gasteiger partial charge < -0.3 is 25.0 Å². The van der Waals surface area contributed by atoms with Crippen molar-refractivity contribution in [3.05, 3.63) is 111 Å². The Morgan fingerprint density at radius 1 is 0.980 bits per heavy atom. The highest BCUT2D eigenvalue weighted by atomic mass is 35.5. The van der Waals surface area contributed by atoms with Gasteiger partial charge in [-0.1, -0.05) is 60.1 Å². The summed E-state index contributed by atoms with van der Waals surface area (Å²) in [4.78, 5) is 56.2. The van der Waals surface area contributed by atoms with Gasteiger partial charge in [-0.15, -0.1) is 23.1 Å². The molecule has 0 spiro atoms. The fourth-order valence-electron chi connectivity index (χ4n) is 5.25. The first-order valence-corrected chi connectivity index (χ1v) is 17.9. The largest absolute Gasteiger partial charge is 0.462 e. The number of ether oxygens (including phenoxy) is 2. The minimum Gasteiger partial charge on any atom is -0.462 e. The van der Waals surface area contributed by atoms with Crippen LogP contribution in [-0.4, -0.2) is 47.5 Å². The number of thioether (sulfide) groups is 1. The lowest BCUT2D eigenvalue weighted by atomic mass is 10.0. The number of thiophene rings is 1. The van der Waals surface area contributed by atoms with E-state index in [2.05, 4.69) is 10.6 Å². The van der Waals surface area contributed by atoms with E-state index < -0.39 is 22.9 Å². The molecule has 0 bridgehead atoms. The van der Waals surface area contributed by atoms with Crippen LogP contribution in [0, 0.1) is 0 Å². The summed E-state index contributed by atoms with van der Waals surface area (Å²) in [7, 11) is 0. The predicted octanol–water partition coefficient (Wildman–Crippen LogP) is 8.52. The highest BCUT2D eigenvalue weighted by molar-refractivity contribution is 8.00. The second kappa shape index (κ2) is 15.9. The molecule has 1 aromatic heterocycles. The molecule has 0 radical (unpaired) electrons. The molecule has 2 N–H and O–H groups in total. The number of amides is 3. The molecular weight excluding hydrogens is 682 g/mol. The van der Waals surface area contributed by atoms with Crippen LogP contribution in [0.4, 0.5) is 15.5 Å². The Kier molecular flexibility index (Phi) is 11.7. The van der Waals surface area contributed by atoms with Crippen molar-refractivity contribution in [2.45, 2.75) is 62.8 Å². The van der Waals surface area contributed by atoms with Gasteiger partial charge in [0, 0.05) is 27.0 Å². The molecule has 0 fully saturated rings. The van der Waals surface area contributed by atoms with E-state index in [1.54, 1.807) is 30.0 Å². The van der Waals surface area contributed by atoms with Gasteiger partial charge >= 0.3 is 12.1 Å². The van der Waals surface area contributed by atoms with Gasteiger partial charge in [0.2, 0.25) is 11.8 Å². The molecule has 12 heteroatoms. The van der Waals surface area contributed by atoms with Crippen LogP contribution in [0.5, 0.6) is 0 Å². The number of carbonyl (C=O) groups excluding carboxylic acids is 4. The van der Waals surface area contributed by atoms with Gasteiger partial charge in [-0.05, 0) is 81.1 Å². The van der Waals surface area contributed by atoms with E-state index in [0.717, 1.165) is 26.5 Å². The summed E-state index contributed by atoms with van der Waals surface area (Å²) in [6, 6.07) is 23.8. The Morgan fingerprint density at radius 2 is 1.71 bits per heavy atom. The number of benzene rings is 3. The average molecular weight is 720 g/mol. The number of nitrogens with zero attached hydrogens (tertiary/aromatic N) is 1. The number of carbonyl (C=O) groups is 4. The smallest absolute Gasteiger partial charge is 0.410 e. The first-order valence-electron chi connectivity index (χ1n) is 15.9. The number of rotatable bonds is 10. The minimum absolute atomic E-state index is 0.177. The molecule has 256 valence electrons. The molecule has 2 heterocycles. The molecule has 49 heavy (non-hydrogen) atoms. The summed E-state index contributed by atoms with van der Waals surface area (Å²) in [6.45, 7) is 7.97. The fourth-order valence-corrected chi connectivity index (χ4v) is 7.71. The molecule has 0 saturated carbocycles. The van der Waals surface area contributed by atoms with E-state index in [4.69, 9.17) is 21.1 Å².